The molecule has 2 aliphatic rings. The Labute approximate surface area is 106 Å². The number of hydrogen-bond acceptors (Lipinski definition) is 3. The van der Waals surface area contributed by atoms with Crippen molar-refractivity contribution in [3.63, 3.8) is 0 Å². The van der Waals surface area contributed by atoms with Gasteiger partial charge in [0.25, 0.3) is 0 Å². The lowest BCUT2D eigenvalue weighted by Gasteiger charge is -2.39. The van der Waals surface area contributed by atoms with Crippen molar-refractivity contribution < 1.29 is 19.4 Å². The Bertz CT molecular complexity index is 503. The molecule has 3 rings (SSSR count). The molecule has 0 atom stereocenters. The van der Waals surface area contributed by atoms with Crippen LogP contribution in [0.2, 0.25) is 0 Å². The molecule has 96 valence electrons. The SMILES string of the molecule is COc1cc2c(cc1C1(C(=O)O)CCC1)COC2. The van der Waals surface area contributed by atoms with E-state index in [1.54, 1.807) is 7.11 Å². The highest BCUT2D eigenvalue weighted by molar-refractivity contribution is 5.84. The van der Waals surface area contributed by atoms with Crippen LogP contribution in [0.15, 0.2) is 12.1 Å². The molecule has 1 aliphatic heterocycles. The normalized spacial score (nSPS) is 20.1. The number of carboxylic acid groups (broad SMARTS) is 1. The number of methoxy groups -OCH3 is 1. The topological polar surface area (TPSA) is 55.8 Å². The van der Waals surface area contributed by atoms with Gasteiger partial charge < -0.3 is 14.6 Å². The maximum Gasteiger partial charge on any atom is 0.314 e. The van der Waals surface area contributed by atoms with E-state index >= 15 is 0 Å². The maximum absolute atomic E-state index is 11.6. The third-order valence-electron chi connectivity index (χ3n) is 4.17. The van der Waals surface area contributed by atoms with Crippen molar-refractivity contribution in [2.75, 3.05) is 7.11 Å². The van der Waals surface area contributed by atoms with Crippen molar-refractivity contribution in [1.29, 1.82) is 0 Å². The van der Waals surface area contributed by atoms with E-state index in [4.69, 9.17) is 9.47 Å². The number of aliphatic carboxylic acids is 1. The Balaban J connectivity index is 2.13. The fraction of sp³-hybridized carbons (Fsp3) is 0.500. The molecule has 0 spiro atoms. The highest BCUT2D eigenvalue weighted by Gasteiger charge is 2.48. The minimum atomic E-state index is -0.747. The number of carboxylic acids is 1. The average molecular weight is 248 g/mol. The highest BCUT2D eigenvalue weighted by atomic mass is 16.5. The van der Waals surface area contributed by atoms with Crippen LogP contribution in [0.4, 0.5) is 0 Å². The average Bonchev–Trinajstić information content (AvgIpc) is 2.72. The minimum absolute atomic E-state index is 0.571. The Morgan fingerprint density at radius 1 is 1.33 bits per heavy atom. The van der Waals surface area contributed by atoms with E-state index < -0.39 is 11.4 Å². The van der Waals surface area contributed by atoms with E-state index in [1.165, 1.54) is 0 Å². The van der Waals surface area contributed by atoms with Gasteiger partial charge >= 0.3 is 5.97 Å². The highest BCUT2D eigenvalue weighted by Crippen LogP contribution is 2.48. The number of fused-ring (bicyclic) bond motifs is 1. The number of ether oxygens (including phenoxy) is 2. The first-order valence-corrected chi connectivity index (χ1v) is 6.19. The number of hydrogen-bond donors (Lipinski definition) is 1. The van der Waals surface area contributed by atoms with Gasteiger partial charge in [-0.3, -0.25) is 4.79 Å². The lowest BCUT2D eigenvalue weighted by molar-refractivity contribution is -0.147. The summed E-state index contributed by atoms with van der Waals surface area (Å²) in [6.45, 7) is 1.16. The second-order valence-corrected chi connectivity index (χ2v) is 5.05. The van der Waals surface area contributed by atoms with Crippen LogP contribution in [0.1, 0.15) is 36.0 Å². The molecule has 1 heterocycles. The quantitative estimate of drug-likeness (QED) is 0.891. The molecule has 1 N–H and O–H groups in total. The lowest BCUT2D eigenvalue weighted by Crippen LogP contribution is -2.42. The Morgan fingerprint density at radius 2 is 2.00 bits per heavy atom. The summed E-state index contributed by atoms with van der Waals surface area (Å²) in [5.41, 5.74) is 2.27. The van der Waals surface area contributed by atoms with Gasteiger partial charge in [0, 0.05) is 5.56 Å². The van der Waals surface area contributed by atoms with Crippen LogP contribution in [0, 0.1) is 0 Å². The van der Waals surface area contributed by atoms with Crippen molar-refractivity contribution in [3.8, 4) is 5.75 Å². The van der Waals surface area contributed by atoms with Gasteiger partial charge in [-0.2, -0.15) is 0 Å². The van der Waals surface area contributed by atoms with E-state index in [0.717, 1.165) is 23.1 Å². The summed E-state index contributed by atoms with van der Waals surface area (Å²) in [6.07, 6.45) is 2.35. The number of carbonyl (C=O) groups is 1. The second-order valence-electron chi connectivity index (χ2n) is 5.05. The molecule has 0 amide bonds. The minimum Gasteiger partial charge on any atom is -0.496 e. The number of rotatable bonds is 3. The molecule has 18 heavy (non-hydrogen) atoms. The summed E-state index contributed by atoms with van der Waals surface area (Å²) in [6, 6.07) is 3.90. The molecular weight excluding hydrogens is 232 g/mol. The summed E-state index contributed by atoms with van der Waals surface area (Å²) in [5.74, 6) is -0.0627. The lowest BCUT2D eigenvalue weighted by atomic mass is 9.64. The molecule has 0 aromatic heterocycles. The first kappa shape index (κ1) is 11.5. The van der Waals surface area contributed by atoms with E-state index in [-0.39, 0.29) is 0 Å². The molecule has 1 aromatic carbocycles. The number of benzene rings is 1. The van der Waals surface area contributed by atoms with Crippen LogP contribution in [-0.2, 0) is 28.2 Å². The zero-order valence-corrected chi connectivity index (χ0v) is 10.4. The van der Waals surface area contributed by atoms with Gasteiger partial charge in [-0.25, -0.2) is 0 Å². The van der Waals surface area contributed by atoms with Crippen molar-refractivity contribution in [2.24, 2.45) is 0 Å². The monoisotopic (exact) mass is 248 g/mol. The Morgan fingerprint density at radius 3 is 2.50 bits per heavy atom. The Kier molecular flexibility index (Phi) is 2.55. The second kappa shape index (κ2) is 3.99. The third kappa shape index (κ3) is 1.45. The van der Waals surface area contributed by atoms with Gasteiger partial charge in [-0.1, -0.05) is 6.42 Å². The van der Waals surface area contributed by atoms with Gasteiger partial charge in [-0.15, -0.1) is 0 Å². The third-order valence-corrected chi connectivity index (χ3v) is 4.17. The smallest absolute Gasteiger partial charge is 0.314 e. The van der Waals surface area contributed by atoms with E-state index in [2.05, 4.69) is 0 Å². The molecule has 1 aromatic rings. The molecule has 4 heteroatoms. The fourth-order valence-corrected chi connectivity index (χ4v) is 2.88. The molecule has 0 unspecified atom stereocenters. The van der Waals surface area contributed by atoms with Crippen LogP contribution in [0.3, 0.4) is 0 Å². The van der Waals surface area contributed by atoms with Crippen LogP contribution in [0.5, 0.6) is 5.75 Å². The Hall–Kier alpha value is -1.55. The zero-order chi connectivity index (χ0) is 12.8. The van der Waals surface area contributed by atoms with Crippen LogP contribution in [0.25, 0.3) is 0 Å². The van der Waals surface area contributed by atoms with Crippen molar-refractivity contribution in [2.45, 2.75) is 37.9 Å². The molecule has 0 saturated heterocycles. The molecule has 1 aliphatic carbocycles. The summed E-state index contributed by atoms with van der Waals surface area (Å²) >= 11 is 0. The fourth-order valence-electron chi connectivity index (χ4n) is 2.88. The van der Waals surface area contributed by atoms with Crippen LogP contribution < -0.4 is 4.74 Å². The van der Waals surface area contributed by atoms with Crippen LogP contribution >= 0.6 is 0 Å². The van der Waals surface area contributed by atoms with Gasteiger partial charge in [0.05, 0.1) is 25.7 Å². The molecule has 4 nitrogen and oxygen atoms in total. The van der Waals surface area contributed by atoms with E-state index in [0.29, 0.717) is 31.8 Å². The van der Waals surface area contributed by atoms with Gasteiger partial charge in [0.2, 0.25) is 0 Å². The summed E-state index contributed by atoms with van der Waals surface area (Å²) in [4.78, 5) is 11.6. The van der Waals surface area contributed by atoms with Gasteiger partial charge in [-0.05, 0) is 36.1 Å². The predicted octanol–water partition coefficient (Wildman–Crippen LogP) is 2.23. The van der Waals surface area contributed by atoms with Crippen molar-refractivity contribution in [3.05, 3.63) is 28.8 Å². The maximum atomic E-state index is 11.6. The van der Waals surface area contributed by atoms with E-state index in [1.807, 2.05) is 12.1 Å². The van der Waals surface area contributed by atoms with Gasteiger partial charge in [0.15, 0.2) is 0 Å². The summed E-state index contributed by atoms with van der Waals surface area (Å²) in [7, 11) is 1.59. The summed E-state index contributed by atoms with van der Waals surface area (Å²) < 4.78 is 10.8. The van der Waals surface area contributed by atoms with Crippen molar-refractivity contribution >= 4 is 5.97 Å². The predicted molar refractivity (Wildman–Crippen MR) is 64.7 cm³/mol. The molecular formula is C14H16O4. The van der Waals surface area contributed by atoms with Gasteiger partial charge in [0.1, 0.15) is 5.75 Å². The molecule has 0 bridgehead atoms. The van der Waals surface area contributed by atoms with Crippen molar-refractivity contribution in [1.82, 2.24) is 0 Å². The van der Waals surface area contributed by atoms with Crippen LogP contribution in [-0.4, -0.2) is 18.2 Å². The first-order valence-electron chi connectivity index (χ1n) is 6.19. The largest absolute Gasteiger partial charge is 0.496 e. The standard InChI is InChI=1S/C14H16O4/c1-17-12-6-10-8-18-7-9(10)5-11(12)14(13(15)16)3-2-4-14/h5-6H,2-4,7-8H2,1H3,(H,15,16). The summed E-state index contributed by atoms with van der Waals surface area (Å²) in [5, 5.41) is 9.52. The first-order chi connectivity index (χ1) is 8.67. The molecule has 1 fully saturated rings. The van der Waals surface area contributed by atoms with E-state index in [9.17, 15) is 9.90 Å². The zero-order valence-electron chi connectivity index (χ0n) is 10.4. The molecule has 1 saturated carbocycles. The molecule has 0 radical (unpaired) electrons.